The molecule has 2 aromatic heterocycles. The van der Waals surface area contributed by atoms with Crippen molar-refractivity contribution in [3.05, 3.63) is 46.6 Å². The highest BCUT2D eigenvalue weighted by Gasteiger charge is 2.32. The van der Waals surface area contributed by atoms with E-state index in [1.54, 1.807) is 12.3 Å². The molecule has 2 aliphatic rings. The summed E-state index contributed by atoms with van der Waals surface area (Å²) < 4.78 is 13.4. The monoisotopic (exact) mass is 329 g/mol. The highest BCUT2D eigenvalue weighted by molar-refractivity contribution is 5.16. The molecule has 1 saturated heterocycles. The summed E-state index contributed by atoms with van der Waals surface area (Å²) in [4.78, 5) is 13.8. The maximum Gasteiger partial charge on any atom is 0.248 e. The molecule has 2 atom stereocenters. The number of nitrogens with zero attached hydrogens (tertiary/aromatic N) is 2. The smallest absolute Gasteiger partial charge is 0.248 e. The van der Waals surface area contributed by atoms with Crippen molar-refractivity contribution in [2.24, 2.45) is 5.92 Å². The molecule has 0 radical (unpaired) electrons. The number of ether oxygens (including phenoxy) is 2. The van der Waals surface area contributed by atoms with Gasteiger partial charge in [-0.15, -0.1) is 0 Å². The largest absolute Gasteiger partial charge is 0.492 e. The fraction of sp³-hybridized carbons (Fsp3) is 0.556. The minimum atomic E-state index is -0.107. The first-order chi connectivity index (χ1) is 11.8. The molecule has 1 saturated carbocycles. The quantitative estimate of drug-likeness (QED) is 0.915. The number of hydrogen-bond donors (Lipinski definition) is 1. The zero-order chi connectivity index (χ0) is 16.4. The average Bonchev–Trinajstić information content (AvgIpc) is 3.02. The van der Waals surface area contributed by atoms with Crippen LogP contribution in [0.5, 0.6) is 5.75 Å². The first-order valence-electron chi connectivity index (χ1n) is 8.74. The van der Waals surface area contributed by atoms with E-state index in [2.05, 4.69) is 20.8 Å². The first kappa shape index (κ1) is 15.4. The van der Waals surface area contributed by atoms with Gasteiger partial charge in [0.1, 0.15) is 5.75 Å². The number of rotatable bonds is 5. The standard InChI is InChI=1S/C18H23N3O3/c22-18-6-5-15(9-19-18)24-10-13-3-1-2-4-16(13)17-7-8-20-21(17)14-11-23-12-14/h5-9,13-14,16H,1-4,10-12H2,(H,19,22). The van der Waals surface area contributed by atoms with Crippen LogP contribution in [0.25, 0.3) is 0 Å². The summed E-state index contributed by atoms with van der Waals surface area (Å²) in [7, 11) is 0. The fourth-order valence-corrected chi connectivity index (χ4v) is 3.77. The van der Waals surface area contributed by atoms with Crippen molar-refractivity contribution in [2.75, 3.05) is 19.8 Å². The van der Waals surface area contributed by atoms with E-state index in [1.807, 2.05) is 6.20 Å². The lowest BCUT2D eigenvalue weighted by Gasteiger charge is -2.35. The number of H-pyrrole nitrogens is 1. The van der Waals surface area contributed by atoms with Crippen molar-refractivity contribution in [3.63, 3.8) is 0 Å². The SMILES string of the molecule is O=c1ccc(OCC2CCCCC2c2ccnn2C2COC2)c[nH]1. The Morgan fingerprint density at radius 1 is 1.25 bits per heavy atom. The van der Waals surface area contributed by atoms with Crippen molar-refractivity contribution in [1.82, 2.24) is 14.8 Å². The van der Waals surface area contributed by atoms with Crippen LogP contribution in [-0.2, 0) is 4.74 Å². The summed E-state index contributed by atoms with van der Waals surface area (Å²) in [5, 5.41) is 4.53. The summed E-state index contributed by atoms with van der Waals surface area (Å²) in [6.45, 7) is 2.20. The number of aromatic amines is 1. The Morgan fingerprint density at radius 3 is 2.88 bits per heavy atom. The highest BCUT2D eigenvalue weighted by atomic mass is 16.5. The molecule has 3 heterocycles. The Labute approximate surface area is 140 Å². The molecule has 2 aromatic rings. The van der Waals surface area contributed by atoms with Crippen LogP contribution in [0.1, 0.15) is 43.3 Å². The van der Waals surface area contributed by atoms with Crippen LogP contribution in [0.2, 0.25) is 0 Å². The van der Waals surface area contributed by atoms with Gasteiger partial charge in [0.15, 0.2) is 0 Å². The van der Waals surface area contributed by atoms with E-state index in [0.29, 0.717) is 24.5 Å². The van der Waals surface area contributed by atoms with Gasteiger partial charge in [0.2, 0.25) is 5.56 Å². The molecule has 0 aromatic carbocycles. The zero-order valence-electron chi connectivity index (χ0n) is 13.7. The average molecular weight is 329 g/mol. The van der Waals surface area contributed by atoms with E-state index in [-0.39, 0.29) is 5.56 Å². The van der Waals surface area contributed by atoms with Crippen molar-refractivity contribution in [2.45, 2.75) is 37.6 Å². The molecule has 0 bridgehead atoms. The molecule has 1 aliphatic carbocycles. The van der Waals surface area contributed by atoms with E-state index >= 15 is 0 Å². The maximum atomic E-state index is 11.1. The van der Waals surface area contributed by atoms with Gasteiger partial charge in [0.05, 0.1) is 25.9 Å². The van der Waals surface area contributed by atoms with Crippen LogP contribution in [0.3, 0.4) is 0 Å². The molecule has 6 nitrogen and oxygen atoms in total. The normalized spacial score (nSPS) is 24.5. The van der Waals surface area contributed by atoms with Crippen molar-refractivity contribution in [3.8, 4) is 5.75 Å². The Hall–Kier alpha value is -2.08. The number of nitrogens with one attached hydrogen (secondary N) is 1. The Kier molecular flexibility index (Phi) is 4.38. The van der Waals surface area contributed by atoms with Gasteiger partial charge in [-0.05, 0) is 25.0 Å². The van der Waals surface area contributed by atoms with Crippen LogP contribution < -0.4 is 10.3 Å². The van der Waals surface area contributed by atoms with Gasteiger partial charge in [0.25, 0.3) is 0 Å². The number of hydrogen-bond acceptors (Lipinski definition) is 4. The summed E-state index contributed by atoms with van der Waals surface area (Å²) in [6, 6.07) is 5.77. The highest BCUT2D eigenvalue weighted by Crippen LogP contribution is 2.39. The fourth-order valence-electron chi connectivity index (χ4n) is 3.77. The lowest BCUT2D eigenvalue weighted by atomic mass is 9.77. The van der Waals surface area contributed by atoms with Gasteiger partial charge in [-0.2, -0.15) is 5.10 Å². The molecular weight excluding hydrogens is 306 g/mol. The van der Waals surface area contributed by atoms with E-state index in [1.165, 1.54) is 37.4 Å². The third-order valence-electron chi connectivity index (χ3n) is 5.18. The molecule has 1 aliphatic heterocycles. The van der Waals surface area contributed by atoms with Gasteiger partial charge < -0.3 is 14.5 Å². The van der Waals surface area contributed by atoms with Crippen LogP contribution in [0, 0.1) is 5.92 Å². The summed E-state index contributed by atoms with van der Waals surface area (Å²) in [6.07, 6.45) is 8.39. The summed E-state index contributed by atoms with van der Waals surface area (Å²) in [5.74, 6) is 1.67. The van der Waals surface area contributed by atoms with Crippen molar-refractivity contribution in [1.29, 1.82) is 0 Å². The molecule has 4 rings (SSSR count). The minimum Gasteiger partial charge on any atom is -0.492 e. The molecule has 0 amide bonds. The topological polar surface area (TPSA) is 69.1 Å². The van der Waals surface area contributed by atoms with Gasteiger partial charge in [-0.1, -0.05) is 12.8 Å². The van der Waals surface area contributed by atoms with Crippen LogP contribution in [0.15, 0.2) is 35.4 Å². The molecule has 24 heavy (non-hydrogen) atoms. The molecular formula is C18H23N3O3. The van der Waals surface area contributed by atoms with E-state index < -0.39 is 0 Å². The lowest BCUT2D eigenvalue weighted by molar-refractivity contribution is -0.0310. The predicted octanol–water partition coefficient (Wildman–Crippen LogP) is 2.50. The Bertz CT molecular complexity index is 715. The van der Waals surface area contributed by atoms with E-state index in [9.17, 15) is 4.79 Å². The summed E-state index contributed by atoms with van der Waals surface area (Å²) >= 11 is 0. The second-order valence-corrected chi connectivity index (χ2v) is 6.74. The molecule has 2 fully saturated rings. The van der Waals surface area contributed by atoms with Crippen LogP contribution >= 0.6 is 0 Å². The number of pyridine rings is 1. The molecule has 128 valence electrons. The third-order valence-corrected chi connectivity index (χ3v) is 5.18. The second-order valence-electron chi connectivity index (χ2n) is 6.74. The molecule has 6 heteroatoms. The number of aromatic nitrogens is 3. The van der Waals surface area contributed by atoms with Crippen molar-refractivity contribution >= 4 is 0 Å². The van der Waals surface area contributed by atoms with Gasteiger partial charge in [0, 0.05) is 36.0 Å². The zero-order valence-corrected chi connectivity index (χ0v) is 13.7. The van der Waals surface area contributed by atoms with Gasteiger partial charge >= 0.3 is 0 Å². The second kappa shape index (κ2) is 6.81. The van der Waals surface area contributed by atoms with Crippen molar-refractivity contribution < 1.29 is 9.47 Å². The molecule has 0 spiro atoms. The van der Waals surface area contributed by atoms with E-state index in [0.717, 1.165) is 19.0 Å². The lowest BCUT2D eigenvalue weighted by Crippen LogP contribution is -2.34. The predicted molar refractivity (Wildman–Crippen MR) is 89.3 cm³/mol. The molecule has 2 unspecified atom stereocenters. The van der Waals surface area contributed by atoms with E-state index in [4.69, 9.17) is 9.47 Å². The van der Waals surface area contributed by atoms with Crippen LogP contribution in [-0.4, -0.2) is 34.6 Å². The minimum absolute atomic E-state index is 0.107. The Morgan fingerprint density at radius 2 is 2.12 bits per heavy atom. The Balaban J connectivity index is 1.47. The summed E-state index contributed by atoms with van der Waals surface area (Å²) in [5.41, 5.74) is 1.21. The molecule has 1 N–H and O–H groups in total. The first-order valence-corrected chi connectivity index (χ1v) is 8.74. The van der Waals surface area contributed by atoms with Gasteiger partial charge in [-0.3, -0.25) is 9.48 Å². The third kappa shape index (κ3) is 3.11. The maximum absolute atomic E-state index is 11.1. The van der Waals surface area contributed by atoms with Gasteiger partial charge in [-0.25, -0.2) is 0 Å². The van der Waals surface area contributed by atoms with Crippen LogP contribution in [0.4, 0.5) is 0 Å².